The summed E-state index contributed by atoms with van der Waals surface area (Å²) >= 11 is 1.28. The molecule has 98 valence electrons. The van der Waals surface area contributed by atoms with Crippen molar-refractivity contribution in [2.45, 2.75) is 32.6 Å². The van der Waals surface area contributed by atoms with Crippen molar-refractivity contribution < 1.29 is 8.42 Å². The highest BCUT2D eigenvalue weighted by Gasteiger charge is 2.12. The van der Waals surface area contributed by atoms with E-state index in [1.165, 1.54) is 11.3 Å². The van der Waals surface area contributed by atoms with Gasteiger partial charge in [-0.3, -0.25) is 4.72 Å². The first-order chi connectivity index (χ1) is 8.07. The minimum atomic E-state index is -3.26. The topological polar surface area (TPSA) is 98.0 Å². The van der Waals surface area contributed by atoms with Crippen molar-refractivity contribution >= 4 is 26.5 Å². The molecule has 1 heterocycles. The number of nitrogens with zero attached hydrogens (tertiary/aromatic N) is 2. The number of hydrogen-bond acceptors (Lipinski definition) is 6. The largest absolute Gasteiger partial charge is 0.330 e. The molecule has 17 heavy (non-hydrogen) atoms. The van der Waals surface area contributed by atoms with E-state index in [1.807, 2.05) is 6.92 Å². The SMILES string of the molecule is CCCS(=O)(=O)Nc1nnc(CCCCN)s1. The van der Waals surface area contributed by atoms with E-state index in [9.17, 15) is 8.42 Å². The summed E-state index contributed by atoms with van der Waals surface area (Å²) in [6.07, 6.45) is 3.27. The van der Waals surface area contributed by atoms with Gasteiger partial charge in [-0.2, -0.15) is 0 Å². The van der Waals surface area contributed by atoms with Gasteiger partial charge in [0.15, 0.2) is 0 Å². The average Bonchev–Trinajstić information content (AvgIpc) is 2.65. The molecule has 0 aromatic carbocycles. The number of sulfonamides is 1. The van der Waals surface area contributed by atoms with Gasteiger partial charge in [-0.25, -0.2) is 8.42 Å². The minimum absolute atomic E-state index is 0.106. The van der Waals surface area contributed by atoms with E-state index >= 15 is 0 Å². The predicted molar refractivity (Wildman–Crippen MR) is 69.6 cm³/mol. The van der Waals surface area contributed by atoms with Crippen molar-refractivity contribution in [3.05, 3.63) is 5.01 Å². The van der Waals surface area contributed by atoms with Gasteiger partial charge in [-0.1, -0.05) is 18.3 Å². The number of unbranched alkanes of at least 4 members (excludes halogenated alkanes) is 1. The summed E-state index contributed by atoms with van der Waals surface area (Å²) < 4.78 is 25.4. The zero-order chi connectivity index (χ0) is 12.7. The molecule has 1 rings (SSSR count). The molecule has 0 aliphatic rings. The highest BCUT2D eigenvalue weighted by atomic mass is 32.2. The van der Waals surface area contributed by atoms with Gasteiger partial charge in [-0.05, 0) is 25.8 Å². The first-order valence-electron chi connectivity index (χ1n) is 5.60. The van der Waals surface area contributed by atoms with E-state index in [-0.39, 0.29) is 5.75 Å². The van der Waals surface area contributed by atoms with E-state index < -0.39 is 10.0 Å². The van der Waals surface area contributed by atoms with Crippen LogP contribution in [-0.4, -0.2) is 30.9 Å². The summed E-state index contributed by atoms with van der Waals surface area (Å²) in [6, 6.07) is 0. The molecule has 1 aromatic heterocycles. The first kappa shape index (κ1) is 14.3. The van der Waals surface area contributed by atoms with Crippen LogP contribution in [0.15, 0.2) is 0 Å². The van der Waals surface area contributed by atoms with Crippen molar-refractivity contribution in [3.63, 3.8) is 0 Å². The molecule has 1 aromatic rings. The predicted octanol–water partition coefficient (Wildman–Crippen LogP) is 0.971. The van der Waals surface area contributed by atoms with Crippen LogP contribution in [0.25, 0.3) is 0 Å². The fraction of sp³-hybridized carbons (Fsp3) is 0.778. The molecule has 6 nitrogen and oxygen atoms in total. The van der Waals surface area contributed by atoms with E-state index in [0.29, 0.717) is 18.1 Å². The second-order valence-corrected chi connectivity index (χ2v) is 6.57. The zero-order valence-electron chi connectivity index (χ0n) is 9.85. The Morgan fingerprint density at radius 2 is 2.12 bits per heavy atom. The van der Waals surface area contributed by atoms with Crippen LogP contribution < -0.4 is 10.5 Å². The van der Waals surface area contributed by atoms with E-state index in [1.54, 1.807) is 0 Å². The fourth-order valence-electron chi connectivity index (χ4n) is 1.27. The number of hydrogen-bond donors (Lipinski definition) is 2. The molecule has 0 fully saturated rings. The molecule has 0 radical (unpaired) electrons. The molecule has 0 bridgehead atoms. The molecule has 0 aliphatic heterocycles. The second-order valence-electron chi connectivity index (χ2n) is 3.67. The quantitative estimate of drug-likeness (QED) is 0.690. The standard InChI is InChI=1S/C9H18N4O2S2/c1-2-7-17(14,15)13-9-12-11-8(16-9)5-3-4-6-10/h2-7,10H2,1H3,(H,12,13). The number of aryl methyl sites for hydroxylation is 1. The van der Waals surface area contributed by atoms with Crippen LogP contribution >= 0.6 is 11.3 Å². The Kier molecular flexibility index (Phi) is 5.79. The van der Waals surface area contributed by atoms with Crippen LogP contribution in [0.4, 0.5) is 5.13 Å². The third-order valence-corrected chi connectivity index (χ3v) is 4.51. The maximum absolute atomic E-state index is 11.5. The molecule has 3 N–H and O–H groups in total. The highest BCUT2D eigenvalue weighted by Crippen LogP contribution is 2.18. The van der Waals surface area contributed by atoms with Crippen LogP contribution in [0, 0.1) is 0 Å². The van der Waals surface area contributed by atoms with E-state index in [4.69, 9.17) is 5.73 Å². The van der Waals surface area contributed by atoms with Crippen molar-refractivity contribution in [1.29, 1.82) is 0 Å². The zero-order valence-corrected chi connectivity index (χ0v) is 11.5. The second kappa shape index (κ2) is 6.87. The Morgan fingerprint density at radius 3 is 2.76 bits per heavy atom. The Hall–Kier alpha value is -0.730. The lowest BCUT2D eigenvalue weighted by atomic mass is 10.2. The molecule has 0 saturated heterocycles. The highest BCUT2D eigenvalue weighted by molar-refractivity contribution is 7.92. The summed E-state index contributed by atoms with van der Waals surface area (Å²) in [5.74, 6) is 0.106. The van der Waals surface area contributed by atoms with Crippen LogP contribution in [-0.2, 0) is 16.4 Å². The lowest BCUT2D eigenvalue weighted by Gasteiger charge is -2.01. The maximum atomic E-state index is 11.5. The minimum Gasteiger partial charge on any atom is -0.330 e. The summed E-state index contributed by atoms with van der Waals surface area (Å²) in [7, 11) is -3.26. The van der Waals surface area contributed by atoms with Crippen molar-refractivity contribution in [1.82, 2.24) is 10.2 Å². The molecule has 0 unspecified atom stereocenters. The Balaban J connectivity index is 2.51. The van der Waals surface area contributed by atoms with Gasteiger partial charge < -0.3 is 5.73 Å². The van der Waals surface area contributed by atoms with E-state index in [0.717, 1.165) is 24.3 Å². The lowest BCUT2D eigenvalue weighted by molar-refractivity contribution is 0.599. The third-order valence-electron chi connectivity index (χ3n) is 2.03. The van der Waals surface area contributed by atoms with Crippen molar-refractivity contribution in [2.24, 2.45) is 5.73 Å². The lowest BCUT2D eigenvalue weighted by Crippen LogP contribution is -2.15. The number of rotatable bonds is 8. The molecular weight excluding hydrogens is 260 g/mol. The average molecular weight is 278 g/mol. The van der Waals surface area contributed by atoms with Gasteiger partial charge in [0.2, 0.25) is 15.2 Å². The molecule has 8 heteroatoms. The van der Waals surface area contributed by atoms with Gasteiger partial charge in [0.1, 0.15) is 5.01 Å². The third kappa shape index (κ3) is 5.42. The van der Waals surface area contributed by atoms with Gasteiger partial charge in [0.05, 0.1) is 5.75 Å². The monoisotopic (exact) mass is 278 g/mol. The van der Waals surface area contributed by atoms with E-state index in [2.05, 4.69) is 14.9 Å². The molecular formula is C9H18N4O2S2. The fourth-order valence-corrected chi connectivity index (χ4v) is 3.40. The van der Waals surface area contributed by atoms with Gasteiger partial charge in [-0.15, -0.1) is 10.2 Å². The molecule has 0 spiro atoms. The number of aromatic nitrogens is 2. The van der Waals surface area contributed by atoms with Crippen LogP contribution in [0.2, 0.25) is 0 Å². The number of nitrogens with two attached hydrogens (primary N) is 1. The van der Waals surface area contributed by atoms with Crippen molar-refractivity contribution in [3.8, 4) is 0 Å². The maximum Gasteiger partial charge on any atom is 0.234 e. The van der Waals surface area contributed by atoms with Crippen LogP contribution in [0.5, 0.6) is 0 Å². The smallest absolute Gasteiger partial charge is 0.234 e. The summed E-state index contributed by atoms with van der Waals surface area (Å²) in [4.78, 5) is 0. The van der Waals surface area contributed by atoms with Crippen LogP contribution in [0.1, 0.15) is 31.2 Å². The number of nitrogens with one attached hydrogen (secondary N) is 1. The van der Waals surface area contributed by atoms with Gasteiger partial charge >= 0.3 is 0 Å². The molecule has 0 amide bonds. The van der Waals surface area contributed by atoms with Crippen molar-refractivity contribution in [2.75, 3.05) is 17.0 Å². The first-order valence-corrected chi connectivity index (χ1v) is 8.07. The Bertz CT molecular complexity index is 430. The molecule has 0 aliphatic carbocycles. The van der Waals surface area contributed by atoms with Gasteiger partial charge in [0.25, 0.3) is 0 Å². The summed E-state index contributed by atoms with van der Waals surface area (Å²) in [5, 5.41) is 8.93. The van der Waals surface area contributed by atoms with Gasteiger partial charge in [0, 0.05) is 6.42 Å². The summed E-state index contributed by atoms with van der Waals surface area (Å²) in [5.41, 5.74) is 5.39. The Labute approximate surface area is 106 Å². The Morgan fingerprint density at radius 1 is 1.35 bits per heavy atom. The van der Waals surface area contributed by atoms with Crippen LogP contribution in [0.3, 0.4) is 0 Å². The normalized spacial score (nSPS) is 11.6. The number of anilines is 1. The molecule has 0 atom stereocenters. The molecule has 0 saturated carbocycles. The summed E-state index contributed by atoms with van der Waals surface area (Å²) in [6.45, 7) is 2.48.